The normalized spacial score (nSPS) is 14.8. The van der Waals surface area contributed by atoms with Crippen LogP contribution < -0.4 is 19.6 Å². The van der Waals surface area contributed by atoms with Gasteiger partial charge in [-0.05, 0) is 49.7 Å². The van der Waals surface area contributed by atoms with E-state index in [9.17, 15) is 24.5 Å². The highest BCUT2D eigenvalue weighted by Crippen LogP contribution is 2.33. The van der Waals surface area contributed by atoms with Crippen molar-refractivity contribution in [1.29, 1.82) is 0 Å². The summed E-state index contributed by atoms with van der Waals surface area (Å²) >= 11 is 1.12. The number of hydrogen-bond acceptors (Lipinski definition) is 10. The second-order valence-electron chi connectivity index (χ2n) is 8.94. The van der Waals surface area contributed by atoms with Gasteiger partial charge in [0.15, 0.2) is 4.80 Å². The summed E-state index contributed by atoms with van der Waals surface area (Å²) in [6.45, 7) is 4.79. The quantitative estimate of drug-likeness (QED) is 0.140. The summed E-state index contributed by atoms with van der Waals surface area (Å²) in [5.41, 5.74) is 0.994. The lowest BCUT2D eigenvalue weighted by Gasteiger charge is -2.24. The molecule has 0 N–H and O–H groups in total. The smallest absolute Gasteiger partial charge is 0.338 e. The molecule has 2 aromatic heterocycles. The molecule has 0 saturated carbocycles. The molecule has 1 aliphatic heterocycles. The second-order valence-corrected chi connectivity index (χ2v) is 9.95. The number of hydrogen-bond donors (Lipinski definition) is 0. The van der Waals surface area contributed by atoms with Crippen LogP contribution in [0.15, 0.2) is 86.1 Å². The van der Waals surface area contributed by atoms with Crippen LogP contribution in [0.4, 0.5) is 5.69 Å². The fourth-order valence-corrected chi connectivity index (χ4v) is 5.56. The van der Waals surface area contributed by atoms with Gasteiger partial charge in [-0.3, -0.25) is 24.3 Å². The number of nitrogens with zero attached hydrogens (tertiary/aromatic N) is 3. The van der Waals surface area contributed by atoms with Gasteiger partial charge >= 0.3 is 11.9 Å². The number of aromatic nitrogens is 1. The van der Waals surface area contributed by atoms with Crippen molar-refractivity contribution in [1.82, 2.24) is 4.57 Å². The third-order valence-corrected chi connectivity index (χ3v) is 7.22. The van der Waals surface area contributed by atoms with Crippen LogP contribution in [0.25, 0.3) is 17.4 Å². The van der Waals surface area contributed by atoms with Crippen molar-refractivity contribution in [3.05, 3.63) is 113 Å². The van der Waals surface area contributed by atoms with Crippen LogP contribution in [-0.2, 0) is 14.3 Å². The number of thiazole rings is 1. The highest BCUT2D eigenvalue weighted by atomic mass is 32.1. The Morgan fingerprint density at radius 3 is 2.56 bits per heavy atom. The van der Waals surface area contributed by atoms with Crippen LogP contribution in [0.1, 0.15) is 38.1 Å². The van der Waals surface area contributed by atoms with Crippen molar-refractivity contribution in [2.24, 2.45) is 4.99 Å². The summed E-state index contributed by atoms with van der Waals surface area (Å²) in [5, 5.41) is 11.4. The topological polar surface area (TPSA) is 143 Å². The fourth-order valence-electron chi connectivity index (χ4n) is 4.54. The molecule has 0 aliphatic carbocycles. The monoisotopic (exact) mass is 573 g/mol. The molecule has 1 aliphatic rings. The summed E-state index contributed by atoms with van der Waals surface area (Å²) in [5.74, 6) is -0.164. The predicted molar refractivity (Wildman–Crippen MR) is 149 cm³/mol. The second kappa shape index (κ2) is 11.2. The Hall–Kier alpha value is -5.10. The molecule has 208 valence electrons. The minimum Gasteiger partial charge on any atom is -0.463 e. The summed E-state index contributed by atoms with van der Waals surface area (Å²) in [7, 11) is 0. The standard InChI is InChI=1S/C29H23N3O8S/c1-4-38-28(35)25-16(2)30-29-31(26(25)18-9-11-19(12-10-18)39-17(3)33)27(34)24(41-29)15-20-13-14-23(40-20)21-7-5-6-8-22(21)32(36)37/h5-15,26H,4H2,1-3H3/b24-15+. The Balaban J connectivity index is 1.62. The van der Waals surface area contributed by atoms with Crippen LogP contribution in [0, 0.1) is 10.1 Å². The van der Waals surface area contributed by atoms with Crippen LogP contribution >= 0.6 is 11.3 Å². The van der Waals surface area contributed by atoms with Gasteiger partial charge in [-0.15, -0.1) is 0 Å². The van der Waals surface area contributed by atoms with Gasteiger partial charge in [-0.2, -0.15) is 0 Å². The van der Waals surface area contributed by atoms with E-state index < -0.39 is 28.5 Å². The predicted octanol–water partition coefficient (Wildman–Crippen LogP) is 3.89. The lowest BCUT2D eigenvalue weighted by atomic mass is 9.96. The molecule has 0 radical (unpaired) electrons. The Labute approximate surface area is 236 Å². The molecule has 11 nitrogen and oxygen atoms in total. The Kier molecular flexibility index (Phi) is 7.49. The van der Waals surface area contributed by atoms with Crippen LogP contribution in [0.5, 0.6) is 5.75 Å². The number of para-hydroxylation sites is 1. The van der Waals surface area contributed by atoms with Gasteiger partial charge < -0.3 is 13.9 Å². The number of allylic oxidation sites excluding steroid dienone is 1. The first-order chi connectivity index (χ1) is 19.7. The molecule has 0 spiro atoms. The molecule has 1 atom stereocenters. The van der Waals surface area contributed by atoms with E-state index in [2.05, 4.69) is 4.99 Å². The van der Waals surface area contributed by atoms with Gasteiger partial charge in [-0.1, -0.05) is 35.6 Å². The highest BCUT2D eigenvalue weighted by molar-refractivity contribution is 7.07. The maximum absolute atomic E-state index is 13.8. The van der Waals surface area contributed by atoms with Crippen molar-refractivity contribution in [2.45, 2.75) is 26.8 Å². The highest BCUT2D eigenvalue weighted by Gasteiger charge is 2.33. The van der Waals surface area contributed by atoms with E-state index in [1.807, 2.05) is 0 Å². The maximum Gasteiger partial charge on any atom is 0.338 e. The molecular formula is C29H23N3O8S. The molecule has 0 amide bonds. The number of carbonyl (C=O) groups is 2. The first kappa shape index (κ1) is 27.5. The molecule has 12 heteroatoms. The lowest BCUT2D eigenvalue weighted by Crippen LogP contribution is -2.39. The van der Waals surface area contributed by atoms with Gasteiger partial charge in [0.1, 0.15) is 17.3 Å². The van der Waals surface area contributed by atoms with Crippen molar-refractivity contribution >= 4 is 35.0 Å². The zero-order valence-electron chi connectivity index (χ0n) is 22.2. The summed E-state index contributed by atoms with van der Waals surface area (Å²) in [6.07, 6.45) is 1.53. The summed E-state index contributed by atoms with van der Waals surface area (Å²) in [6, 6.07) is 15.1. The van der Waals surface area contributed by atoms with Gasteiger partial charge in [0, 0.05) is 19.1 Å². The molecule has 41 heavy (non-hydrogen) atoms. The van der Waals surface area contributed by atoms with Crippen molar-refractivity contribution in [3.8, 4) is 17.1 Å². The largest absolute Gasteiger partial charge is 0.463 e. The molecule has 0 bridgehead atoms. The average Bonchev–Trinajstić information content (AvgIpc) is 3.52. The molecule has 5 rings (SSSR count). The van der Waals surface area contributed by atoms with E-state index in [0.717, 1.165) is 11.3 Å². The van der Waals surface area contributed by atoms with E-state index in [0.29, 0.717) is 33.1 Å². The first-order valence-corrected chi connectivity index (χ1v) is 13.3. The number of fused-ring (bicyclic) bond motifs is 1. The van der Waals surface area contributed by atoms with E-state index >= 15 is 0 Å². The van der Waals surface area contributed by atoms with Crippen molar-refractivity contribution in [3.63, 3.8) is 0 Å². The minimum atomic E-state index is -0.849. The Morgan fingerprint density at radius 2 is 1.88 bits per heavy atom. The number of benzene rings is 2. The number of ether oxygens (including phenoxy) is 2. The third kappa shape index (κ3) is 5.37. The number of nitro groups is 1. The summed E-state index contributed by atoms with van der Waals surface area (Å²) in [4.78, 5) is 54.0. The van der Waals surface area contributed by atoms with Gasteiger partial charge in [-0.25, -0.2) is 9.79 Å². The van der Waals surface area contributed by atoms with E-state index in [-0.39, 0.29) is 28.2 Å². The fraction of sp³-hybridized carbons (Fsp3) is 0.172. The average molecular weight is 574 g/mol. The van der Waals surface area contributed by atoms with E-state index in [1.54, 1.807) is 68.4 Å². The van der Waals surface area contributed by atoms with Crippen LogP contribution in [0.3, 0.4) is 0 Å². The number of esters is 2. The molecule has 3 heterocycles. The van der Waals surface area contributed by atoms with Crippen molar-refractivity contribution < 1.29 is 28.4 Å². The van der Waals surface area contributed by atoms with E-state index in [4.69, 9.17) is 13.9 Å². The zero-order valence-corrected chi connectivity index (χ0v) is 23.0. The third-order valence-electron chi connectivity index (χ3n) is 6.24. The lowest BCUT2D eigenvalue weighted by molar-refractivity contribution is -0.384. The van der Waals surface area contributed by atoms with Gasteiger partial charge in [0.05, 0.1) is 38.9 Å². The van der Waals surface area contributed by atoms with Crippen LogP contribution in [-0.4, -0.2) is 28.0 Å². The van der Waals surface area contributed by atoms with Crippen molar-refractivity contribution in [2.75, 3.05) is 6.61 Å². The zero-order chi connectivity index (χ0) is 29.3. The molecule has 2 aromatic carbocycles. The summed E-state index contributed by atoms with van der Waals surface area (Å²) < 4.78 is 18.0. The Morgan fingerprint density at radius 1 is 1.15 bits per heavy atom. The van der Waals surface area contributed by atoms with Gasteiger partial charge in [0.2, 0.25) is 0 Å². The molecule has 1 unspecified atom stereocenters. The molecule has 0 fully saturated rings. The molecule has 4 aromatic rings. The first-order valence-electron chi connectivity index (χ1n) is 12.5. The number of rotatable bonds is 7. The van der Waals surface area contributed by atoms with E-state index in [1.165, 1.54) is 23.6 Å². The number of carbonyl (C=O) groups excluding carboxylic acids is 2. The SMILES string of the molecule is CCOC(=O)C1=C(C)N=c2s/c(=C/c3ccc(-c4ccccc4[N+](=O)[O-])o3)c(=O)n2C1c1ccc(OC(C)=O)cc1. The minimum absolute atomic E-state index is 0.102. The maximum atomic E-state index is 13.8. The Bertz CT molecular complexity index is 1900. The number of furan rings is 1. The van der Waals surface area contributed by atoms with Crippen LogP contribution in [0.2, 0.25) is 0 Å². The number of nitro benzene ring substituents is 1. The van der Waals surface area contributed by atoms with Gasteiger partial charge in [0.25, 0.3) is 11.2 Å². The molecule has 0 saturated heterocycles. The molecular weight excluding hydrogens is 550 g/mol.